The van der Waals surface area contributed by atoms with Gasteiger partial charge in [-0.1, -0.05) is 181 Å². The quantitative estimate of drug-likeness (QED) is 0.0134. The molecule has 3 unspecified atom stereocenters. The highest BCUT2D eigenvalue weighted by atomic mass is 17.1. The fraction of sp³-hybridized carbons (Fsp3) is 0.977. The number of carboxylic acids is 1. The lowest BCUT2D eigenvalue weighted by Gasteiger charge is -2.37. The van der Waals surface area contributed by atoms with Gasteiger partial charge >= 0.3 is 11.8 Å². The number of carboxylic acid groups (broad SMARTS) is 1. The molecular formula is C44H92O15. The summed E-state index contributed by atoms with van der Waals surface area (Å²) in [5.41, 5.74) is 0. The van der Waals surface area contributed by atoms with Gasteiger partial charge in [-0.05, 0) is 12.8 Å². The second-order valence-corrected chi connectivity index (χ2v) is 15.4. The summed E-state index contributed by atoms with van der Waals surface area (Å²) < 4.78 is 15.6. The molecule has 0 rings (SSSR count). The van der Waals surface area contributed by atoms with Crippen molar-refractivity contribution < 1.29 is 75.1 Å². The highest BCUT2D eigenvalue weighted by molar-refractivity contribution is 5.76. The van der Waals surface area contributed by atoms with Crippen LogP contribution in [0.25, 0.3) is 0 Å². The Hall–Kier alpha value is -1.05. The van der Waals surface area contributed by atoms with E-state index < -0.39 is 36.4 Å². The van der Waals surface area contributed by atoms with E-state index in [1.165, 1.54) is 180 Å². The number of hydrogen-bond acceptors (Lipinski definition) is 14. The Morgan fingerprint density at radius 2 is 0.729 bits per heavy atom. The third-order valence-electron chi connectivity index (χ3n) is 10.0. The first-order valence-electron chi connectivity index (χ1n) is 23.1. The van der Waals surface area contributed by atoms with Gasteiger partial charge in [-0.3, -0.25) is 0 Å². The number of aliphatic hydroxyl groups is 8. The van der Waals surface area contributed by atoms with Gasteiger partial charge in [-0.25, -0.2) is 10.1 Å². The number of aliphatic carboxylic acids is 1. The highest BCUT2D eigenvalue weighted by Gasteiger charge is 2.63. The molecule has 0 saturated carbocycles. The molecule has 0 aliphatic carbocycles. The molecule has 0 saturated heterocycles. The molecule has 15 heteroatoms. The Morgan fingerprint density at radius 1 is 0.458 bits per heavy atom. The van der Waals surface area contributed by atoms with Gasteiger partial charge in [0.15, 0.2) is 0 Å². The van der Waals surface area contributed by atoms with E-state index in [2.05, 4.69) is 18.7 Å². The van der Waals surface area contributed by atoms with Crippen molar-refractivity contribution in [3.05, 3.63) is 0 Å². The summed E-state index contributed by atoms with van der Waals surface area (Å²) >= 11 is 0. The van der Waals surface area contributed by atoms with Crippen molar-refractivity contribution >= 4 is 5.97 Å². The molecule has 0 fully saturated rings. The first-order valence-corrected chi connectivity index (χ1v) is 23.1. The zero-order valence-corrected chi connectivity index (χ0v) is 37.3. The van der Waals surface area contributed by atoms with E-state index in [-0.39, 0.29) is 13.2 Å². The lowest BCUT2D eigenvalue weighted by molar-refractivity contribution is -0.470. The van der Waals surface area contributed by atoms with Crippen molar-refractivity contribution in [1.82, 2.24) is 0 Å². The molecule has 0 aliphatic rings. The Labute approximate surface area is 357 Å². The number of hydrogen-bond donors (Lipinski definition) is 10. The number of aliphatic hydroxyl groups excluding tert-OH is 5. The van der Waals surface area contributed by atoms with Crippen LogP contribution >= 0.6 is 0 Å². The van der Waals surface area contributed by atoms with Crippen LogP contribution in [0.5, 0.6) is 0 Å². The normalized spacial score (nSPS) is 13.5. The van der Waals surface area contributed by atoms with Gasteiger partial charge in [0.2, 0.25) is 0 Å². The Balaban J connectivity index is -0.000000987. The molecule has 0 aromatic carbocycles. The lowest BCUT2D eigenvalue weighted by atomic mass is 9.96. The maximum absolute atomic E-state index is 10.4. The zero-order valence-electron chi connectivity index (χ0n) is 37.3. The number of ether oxygens (including phenoxy) is 3. The minimum absolute atomic E-state index is 0.0417. The van der Waals surface area contributed by atoms with Crippen LogP contribution in [0.2, 0.25) is 0 Å². The summed E-state index contributed by atoms with van der Waals surface area (Å²) in [5, 5.41) is 86.4. The molecule has 0 heterocycles. The molecular weight excluding hydrogens is 768 g/mol. The molecule has 0 aromatic heterocycles. The van der Waals surface area contributed by atoms with Gasteiger partial charge in [0, 0.05) is 13.2 Å². The molecule has 0 amide bonds. The maximum atomic E-state index is 10.4. The predicted octanol–water partition coefficient (Wildman–Crippen LogP) is 6.61. The minimum atomic E-state index is -4.00. The third kappa shape index (κ3) is 39.5. The van der Waals surface area contributed by atoms with E-state index in [9.17, 15) is 4.79 Å². The maximum Gasteiger partial charge on any atom is 0.373 e. The van der Waals surface area contributed by atoms with Crippen molar-refractivity contribution in [2.24, 2.45) is 0 Å². The van der Waals surface area contributed by atoms with Crippen molar-refractivity contribution in [1.29, 1.82) is 0 Å². The van der Waals surface area contributed by atoms with Crippen LogP contribution in [0.4, 0.5) is 0 Å². The number of rotatable bonds is 43. The zero-order chi connectivity index (χ0) is 44.7. The molecule has 0 aliphatic heterocycles. The van der Waals surface area contributed by atoms with Crippen molar-refractivity contribution in [3.63, 3.8) is 0 Å². The van der Waals surface area contributed by atoms with Crippen LogP contribution in [-0.4, -0.2) is 140 Å². The molecule has 15 nitrogen and oxygen atoms in total. The smallest absolute Gasteiger partial charge is 0.373 e. The summed E-state index contributed by atoms with van der Waals surface area (Å²) in [6.07, 6.45) is 35.2. The summed E-state index contributed by atoms with van der Waals surface area (Å²) in [4.78, 5) is 13.4. The predicted molar refractivity (Wildman–Crippen MR) is 230 cm³/mol. The fourth-order valence-corrected chi connectivity index (χ4v) is 6.18. The van der Waals surface area contributed by atoms with Crippen LogP contribution in [0.15, 0.2) is 0 Å². The first-order chi connectivity index (χ1) is 28.5. The summed E-state index contributed by atoms with van der Waals surface area (Å²) in [5.74, 6) is -10.4. The molecule has 0 radical (unpaired) electrons. The fourth-order valence-electron chi connectivity index (χ4n) is 6.18. The molecule has 0 bridgehead atoms. The van der Waals surface area contributed by atoms with E-state index in [1.54, 1.807) is 0 Å². The average molecular weight is 861 g/mol. The van der Waals surface area contributed by atoms with E-state index >= 15 is 0 Å². The molecule has 0 spiro atoms. The summed E-state index contributed by atoms with van der Waals surface area (Å²) in [6.45, 7) is 7.16. The van der Waals surface area contributed by atoms with Crippen LogP contribution < -0.4 is 0 Å². The molecule has 10 N–H and O–H groups in total. The van der Waals surface area contributed by atoms with Crippen LogP contribution in [0.1, 0.15) is 194 Å². The Kier molecular flexibility index (Phi) is 50.6. The van der Waals surface area contributed by atoms with E-state index in [0.29, 0.717) is 26.4 Å². The van der Waals surface area contributed by atoms with E-state index in [1.807, 2.05) is 0 Å². The van der Waals surface area contributed by atoms with Crippen molar-refractivity contribution in [2.45, 2.75) is 217 Å². The molecule has 3 atom stereocenters. The summed E-state index contributed by atoms with van der Waals surface area (Å²) in [7, 11) is 0. The van der Waals surface area contributed by atoms with Gasteiger partial charge in [-0.15, -0.1) is 0 Å². The second-order valence-electron chi connectivity index (χ2n) is 15.4. The summed E-state index contributed by atoms with van der Waals surface area (Å²) in [6, 6.07) is 0. The Morgan fingerprint density at radius 3 is 0.966 bits per heavy atom. The van der Waals surface area contributed by atoms with Gasteiger partial charge in [0.25, 0.3) is 5.79 Å². The van der Waals surface area contributed by atoms with Crippen molar-refractivity contribution in [2.75, 3.05) is 59.5 Å². The monoisotopic (exact) mass is 861 g/mol. The minimum Gasteiger partial charge on any atom is -0.477 e. The standard InChI is InChI=1S/C32H66O.C6H12O10.C6H14O4/c1-3-5-7-9-11-13-15-17-19-21-23-25-27-29-31-33-32-30-28-26-24-22-20-18-16-14-12-10-8-6-4-2;7-1-2(8)3(9)5(12,13)6(14,16-15)4(10)11;7-1-3-9-5-6-10-4-2-8/h3-32H2,1-2H3;2-3,7-9,12-15H,1H2,(H,10,11);7-8H,1-6H2. The topological polar surface area (TPSA) is 256 Å². The van der Waals surface area contributed by atoms with Gasteiger partial charge < -0.3 is 60.2 Å². The lowest BCUT2D eigenvalue weighted by Crippen LogP contribution is -2.69. The second kappa shape index (κ2) is 48.0. The van der Waals surface area contributed by atoms with Crippen LogP contribution in [0.3, 0.4) is 0 Å². The van der Waals surface area contributed by atoms with E-state index in [0.717, 1.165) is 13.2 Å². The largest absolute Gasteiger partial charge is 0.477 e. The average Bonchev–Trinajstić information content (AvgIpc) is 3.23. The van der Waals surface area contributed by atoms with E-state index in [4.69, 9.17) is 65.4 Å². The number of unbranched alkanes of at least 4 members (excludes halogenated alkanes) is 26. The molecule has 358 valence electrons. The first kappa shape index (κ1) is 62.2. The molecule has 59 heavy (non-hydrogen) atoms. The highest BCUT2D eigenvalue weighted by Crippen LogP contribution is 2.26. The Bertz CT molecular complexity index is 785. The van der Waals surface area contributed by atoms with Gasteiger partial charge in [0.1, 0.15) is 12.2 Å². The van der Waals surface area contributed by atoms with Crippen LogP contribution in [-0.2, 0) is 23.9 Å². The van der Waals surface area contributed by atoms with Crippen LogP contribution in [0, 0.1) is 0 Å². The van der Waals surface area contributed by atoms with Gasteiger partial charge in [-0.2, -0.15) is 4.89 Å². The number of carbonyl (C=O) groups is 1. The molecule has 0 aromatic rings. The third-order valence-corrected chi connectivity index (χ3v) is 10.0. The van der Waals surface area contributed by atoms with Crippen molar-refractivity contribution in [3.8, 4) is 0 Å². The van der Waals surface area contributed by atoms with Gasteiger partial charge in [0.05, 0.1) is 46.2 Å². The SMILES string of the molecule is CCCCCCCCCCCCCCCCOCCCCCCCCCCCCCCCC.O=C(O)C(O)(OO)C(O)(O)C(O)C(O)CO.OCCOCCOCCO.